The van der Waals surface area contributed by atoms with E-state index >= 15 is 0 Å². The third-order valence-electron chi connectivity index (χ3n) is 4.01. The van der Waals surface area contributed by atoms with E-state index in [1.54, 1.807) is 37.3 Å². The quantitative estimate of drug-likeness (QED) is 0.658. The SMILES string of the molecule is Cc1cccc(OCC(=O)Nc2ccc(NC(=O)[C@H](C)n3cncn3)cc2)c1. The first-order chi connectivity index (χ1) is 13.5. The number of hydrogen-bond donors (Lipinski definition) is 2. The summed E-state index contributed by atoms with van der Waals surface area (Å²) in [5.41, 5.74) is 2.29. The van der Waals surface area contributed by atoms with Crippen molar-refractivity contribution in [3.63, 3.8) is 0 Å². The number of benzene rings is 2. The molecular formula is C20H21N5O3. The predicted molar refractivity (Wildman–Crippen MR) is 105 cm³/mol. The number of ether oxygens (including phenoxy) is 1. The van der Waals surface area contributed by atoms with Gasteiger partial charge >= 0.3 is 0 Å². The molecule has 8 heteroatoms. The van der Waals surface area contributed by atoms with Gasteiger partial charge in [0.25, 0.3) is 5.91 Å². The van der Waals surface area contributed by atoms with E-state index in [9.17, 15) is 9.59 Å². The van der Waals surface area contributed by atoms with Crippen LogP contribution in [0.2, 0.25) is 0 Å². The minimum Gasteiger partial charge on any atom is -0.484 e. The van der Waals surface area contributed by atoms with Crippen molar-refractivity contribution < 1.29 is 14.3 Å². The summed E-state index contributed by atoms with van der Waals surface area (Å²) in [6.07, 6.45) is 2.87. The number of rotatable bonds is 7. The normalized spacial score (nSPS) is 11.5. The number of nitrogens with one attached hydrogen (secondary N) is 2. The molecule has 1 heterocycles. The summed E-state index contributed by atoms with van der Waals surface area (Å²) in [5, 5.41) is 9.51. The molecule has 0 saturated heterocycles. The third kappa shape index (κ3) is 5.16. The highest BCUT2D eigenvalue weighted by Crippen LogP contribution is 2.16. The standard InChI is InChI=1S/C20H21N5O3/c1-14-4-3-5-18(10-14)28-11-19(26)23-16-6-8-17(9-7-16)24-20(27)15(2)25-13-21-12-22-25/h3-10,12-13,15H,11H2,1-2H3,(H,23,26)(H,24,27)/t15-/m0/s1. The summed E-state index contributed by atoms with van der Waals surface area (Å²) in [5.74, 6) is 0.168. The lowest BCUT2D eigenvalue weighted by Crippen LogP contribution is -2.24. The second-order valence-electron chi connectivity index (χ2n) is 6.27. The van der Waals surface area contributed by atoms with Crippen molar-refractivity contribution in [2.24, 2.45) is 0 Å². The highest BCUT2D eigenvalue weighted by molar-refractivity contribution is 5.94. The summed E-state index contributed by atoms with van der Waals surface area (Å²) in [7, 11) is 0. The molecule has 0 spiro atoms. The van der Waals surface area contributed by atoms with Crippen LogP contribution in [0.5, 0.6) is 5.75 Å². The molecule has 3 rings (SSSR count). The lowest BCUT2D eigenvalue weighted by molar-refractivity contribution is -0.119. The Balaban J connectivity index is 1.49. The Bertz CT molecular complexity index is 939. The van der Waals surface area contributed by atoms with Gasteiger partial charge in [-0.15, -0.1) is 0 Å². The molecule has 8 nitrogen and oxygen atoms in total. The monoisotopic (exact) mass is 379 g/mol. The molecular weight excluding hydrogens is 358 g/mol. The van der Waals surface area contributed by atoms with Gasteiger partial charge in [0, 0.05) is 11.4 Å². The molecule has 0 fully saturated rings. The molecule has 2 N–H and O–H groups in total. The topological polar surface area (TPSA) is 98.1 Å². The molecule has 2 amide bonds. The average Bonchev–Trinajstić information content (AvgIpc) is 3.22. The van der Waals surface area contributed by atoms with Crippen molar-refractivity contribution in [3.8, 4) is 5.75 Å². The van der Waals surface area contributed by atoms with Crippen LogP contribution in [0, 0.1) is 6.92 Å². The molecule has 3 aromatic rings. The Morgan fingerprint density at radius 2 is 1.82 bits per heavy atom. The van der Waals surface area contributed by atoms with E-state index < -0.39 is 6.04 Å². The van der Waals surface area contributed by atoms with Gasteiger partial charge in [0.1, 0.15) is 24.4 Å². The first kappa shape index (κ1) is 19.1. The van der Waals surface area contributed by atoms with E-state index in [0.29, 0.717) is 17.1 Å². The minimum atomic E-state index is -0.486. The highest BCUT2D eigenvalue weighted by atomic mass is 16.5. The number of anilines is 2. The lowest BCUT2D eigenvalue weighted by atomic mass is 10.2. The Labute approximate surface area is 162 Å². The fourth-order valence-corrected chi connectivity index (χ4v) is 2.47. The number of aryl methyl sites for hydroxylation is 1. The molecule has 0 aliphatic heterocycles. The van der Waals surface area contributed by atoms with Gasteiger partial charge in [-0.3, -0.25) is 9.59 Å². The lowest BCUT2D eigenvalue weighted by Gasteiger charge is -2.12. The van der Waals surface area contributed by atoms with Crippen molar-refractivity contribution in [2.75, 3.05) is 17.2 Å². The maximum Gasteiger partial charge on any atom is 0.262 e. The maximum atomic E-state index is 12.2. The van der Waals surface area contributed by atoms with Crippen LogP contribution in [0.3, 0.4) is 0 Å². The number of amides is 2. The van der Waals surface area contributed by atoms with E-state index in [-0.39, 0.29) is 18.4 Å². The largest absolute Gasteiger partial charge is 0.484 e. The summed E-state index contributed by atoms with van der Waals surface area (Å²) in [6.45, 7) is 3.60. The molecule has 0 bridgehead atoms. The first-order valence-corrected chi connectivity index (χ1v) is 8.75. The Morgan fingerprint density at radius 3 is 2.46 bits per heavy atom. The maximum absolute atomic E-state index is 12.2. The molecule has 0 radical (unpaired) electrons. The molecule has 0 aliphatic rings. The molecule has 0 unspecified atom stereocenters. The molecule has 28 heavy (non-hydrogen) atoms. The Kier molecular flexibility index (Phi) is 6.01. The van der Waals surface area contributed by atoms with E-state index in [4.69, 9.17) is 4.74 Å². The summed E-state index contributed by atoms with van der Waals surface area (Å²) < 4.78 is 6.95. The second kappa shape index (κ2) is 8.81. The van der Waals surface area contributed by atoms with Gasteiger partial charge in [0.05, 0.1) is 0 Å². The van der Waals surface area contributed by atoms with Crippen molar-refractivity contribution in [2.45, 2.75) is 19.9 Å². The highest BCUT2D eigenvalue weighted by Gasteiger charge is 2.15. The Morgan fingerprint density at radius 1 is 1.11 bits per heavy atom. The molecule has 1 aromatic heterocycles. The summed E-state index contributed by atoms with van der Waals surface area (Å²) in [6, 6.07) is 13.9. The fourth-order valence-electron chi connectivity index (χ4n) is 2.47. The smallest absolute Gasteiger partial charge is 0.262 e. The number of nitrogens with zero attached hydrogens (tertiary/aromatic N) is 3. The van der Waals surface area contributed by atoms with E-state index in [1.165, 1.54) is 17.3 Å². The average molecular weight is 379 g/mol. The zero-order valence-corrected chi connectivity index (χ0v) is 15.6. The van der Waals surface area contributed by atoms with Crippen molar-refractivity contribution in [3.05, 3.63) is 66.7 Å². The van der Waals surface area contributed by atoms with Gasteiger partial charge in [-0.05, 0) is 55.8 Å². The number of hydrogen-bond acceptors (Lipinski definition) is 5. The van der Waals surface area contributed by atoms with Crippen LogP contribution in [0.15, 0.2) is 61.2 Å². The fraction of sp³-hybridized carbons (Fsp3) is 0.200. The molecule has 2 aromatic carbocycles. The number of carbonyl (C=O) groups is 2. The Hall–Kier alpha value is -3.68. The van der Waals surface area contributed by atoms with Crippen molar-refractivity contribution in [1.82, 2.24) is 14.8 Å². The predicted octanol–water partition coefficient (Wildman–Crippen LogP) is 2.80. The van der Waals surface area contributed by atoms with Crippen LogP contribution in [-0.4, -0.2) is 33.2 Å². The van der Waals surface area contributed by atoms with Gasteiger partial charge in [0.15, 0.2) is 6.61 Å². The van der Waals surface area contributed by atoms with Crippen LogP contribution in [-0.2, 0) is 9.59 Å². The molecule has 0 saturated carbocycles. The van der Waals surface area contributed by atoms with Crippen LogP contribution in [0.4, 0.5) is 11.4 Å². The van der Waals surface area contributed by atoms with E-state index in [1.807, 2.05) is 25.1 Å². The van der Waals surface area contributed by atoms with Crippen molar-refractivity contribution >= 4 is 23.2 Å². The molecule has 144 valence electrons. The van der Waals surface area contributed by atoms with Crippen LogP contribution < -0.4 is 15.4 Å². The molecule has 0 aliphatic carbocycles. The zero-order chi connectivity index (χ0) is 19.9. The second-order valence-corrected chi connectivity index (χ2v) is 6.27. The summed E-state index contributed by atoms with van der Waals surface area (Å²) in [4.78, 5) is 28.1. The van der Waals surface area contributed by atoms with E-state index in [0.717, 1.165) is 5.56 Å². The van der Waals surface area contributed by atoms with Gasteiger partial charge in [-0.25, -0.2) is 9.67 Å². The van der Waals surface area contributed by atoms with Gasteiger partial charge < -0.3 is 15.4 Å². The minimum absolute atomic E-state index is 0.0860. The zero-order valence-electron chi connectivity index (χ0n) is 15.6. The third-order valence-corrected chi connectivity index (χ3v) is 4.01. The number of carbonyl (C=O) groups excluding carboxylic acids is 2. The number of aromatic nitrogens is 3. The van der Waals surface area contributed by atoms with Crippen LogP contribution in [0.1, 0.15) is 18.5 Å². The van der Waals surface area contributed by atoms with Gasteiger partial charge in [0.2, 0.25) is 5.91 Å². The van der Waals surface area contributed by atoms with Gasteiger partial charge in [-0.1, -0.05) is 12.1 Å². The van der Waals surface area contributed by atoms with Crippen LogP contribution >= 0.6 is 0 Å². The first-order valence-electron chi connectivity index (χ1n) is 8.75. The summed E-state index contributed by atoms with van der Waals surface area (Å²) >= 11 is 0. The van der Waals surface area contributed by atoms with Gasteiger partial charge in [-0.2, -0.15) is 5.10 Å². The van der Waals surface area contributed by atoms with E-state index in [2.05, 4.69) is 20.7 Å². The molecule has 1 atom stereocenters. The van der Waals surface area contributed by atoms with Crippen molar-refractivity contribution in [1.29, 1.82) is 0 Å². The van der Waals surface area contributed by atoms with Crippen LogP contribution in [0.25, 0.3) is 0 Å².